The minimum absolute atomic E-state index is 0.262. The second-order valence-corrected chi connectivity index (χ2v) is 5.14. The third-order valence-corrected chi connectivity index (χ3v) is 3.95. The molecular formula is C12H21NO2. The summed E-state index contributed by atoms with van der Waals surface area (Å²) in [6.45, 7) is 7.18. The van der Waals surface area contributed by atoms with Crippen molar-refractivity contribution in [2.75, 3.05) is 19.8 Å². The fraction of sp³-hybridized carbons (Fsp3) is 0.917. The van der Waals surface area contributed by atoms with E-state index >= 15 is 0 Å². The van der Waals surface area contributed by atoms with E-state index in [1.807, 2.05) is 0 Å². The third kappa shape index (κ3) is 2.23. The molecule has 2 rings (SSSR count). The Hall–Kier alpha value is -0.410. The molecule has 0 saturated carbocycles. The highest BCUT2D eigenvalue weighted by Crippen LogP contribution is 2.32. The molecule has 2 fully saturated rings. The fourth-order valence-electron chi connectivity index (χ4n) is 2.91. The molecule has 2 saturated heterocycles. The van der Waals surface area contributed by atoms with Crippen LogP contribution in [0.2, 0.25) is 0 Å². The van der Waals surface area contributed by atoms with Crippen LogP contribution in [0, 0.1) is 0 Å². The molecular weight excluding hydrogens is 190 g/mol. The van der Waals surface area contributed by atoms with E-state index in [-0.39, 0.29) is 5.54 Å². The first-order chi connectivity index (χ1) is 7.12. The summed E-state index contributed by atoms with van der Waals surface area (Å²) in [6.07, 6.45) is 3.67. The maximum Gasteiger partial charge on any atom is 0.135 e. The lowest BCUT2D eigenvalue weighted by Gasteiger charge is -2.48. The van der Waals surface area contributed by atoms with Gasteiger partial charge in [-0.2, -0.15) is 0 Å². The molecule has 2 heterocycles. The van der Waals surface area contributed by atoms with Crippen molar-refractivity contribution in [3.05, 3.63) is 0 Å². The van der Waals surface area contributed by atoms with E-state index in [9.17, 15) is 4.79 Å². The van der Waals surface area contributed by atoms with Crippen molar-refractivity contribution in [1.29, 1.82) is 0 Å². The van der Waals surface area contributed by atoms with E-state index in [2.05, 4.69) is 18.7 Å². The molecule has 86 valence electrons. The summed E-state index contributed by atoms with van der Waals surface area (Å²) in [5.41, 5.74) is 0.262. The summed E-state index contributed by atoms with van der Waals surface area (Å²) < 4.78 is 5.42. The van der Waals surface area contributed by atoms with E-state index in [0.717, 1.165) is 45.4 Å². The minimum Gasteiger partial charge on any atom is -0.381 e. The molecule has 0 aromatic heterocycles. The van der Waals surface area contributed by atoms with Crippen LogP contribution in [-0.4, -0.2) is 42.0 Å². The molecule has 0 bridgehead atoms. The van der Waals surface area contributed by atoms with Gasteiger partial charge >= 0.3 is 0 Å². The summed E-state index contributed by atoms with van der Waals surface area (Å²) in [5.74, 6) is 0.425. The Kier molecular flexibility index (Phi) is 3.12. The number of rotatable bonds is 1. The minimum atomic E-state index is 0.262. The van der Waals surface area contributed by atoms with Gasteiger partial charge in [0.1, 0.15) is 5.78 Å². The van der Waals surface area contributed by atoms with E-state index < -0.39 is 0 Å². The van der Waals surface area contributed by atoms with Crippen molar-refractivity contribution < 1.29 is 9.53 Å². The summed E-state index contributed by atoms with van der Waals surface area (Å²) in [5, 5.41) is 0. The van der Waals surface area contributed by atoms with Gasteiger partial charge in [0.2, 0.25) is 0 Å². The molecule has 3 nitrogen and oxygen atoms in total. The summed E-state index contributed by atoms with van der Waals surface area (Å²) in [4.78, 5) is 13.9. The molecule has 0 spiro atoms. The van der Waals surface area contributed by atoms with Crippen LogP contribution in [0.15, 0.2) is 0 Å². The number of carbonyl (C=O) groups excluding carboxylic acids is 1. The number of nitrogens with zero attached hydrogens (tertiary/aromatic N) is 1. The number of piperidine rings is 1. The predicted molar refractivity (Wildman–Crippen MR) is 58.9 cm³/mol. The Balaban J connectivity index is 2.05. The van der Waals surface area contributed by atoms with Crippen molar-refractivity contribution in [1.82, 2.24) is 4.90 Å². The van der Waals surface area contributed by atoms with Crippen molar-refractivity contribution >= 4 is 5.78 Å². The normalized spacial score (nSPS) is 32.9. The second kappa shape index (κ2) is 4.22. The van der Waals surface area contributed by atoms with Gasteiger partial charge in [-0.1, -0.05) is 0 Å². The van der Waals surface area contributed by atoms with Crippen molar-refractivity contribution in [3.63, 3.8) is 0 Å². The highest BCUT2D eigenvalue weighted by atomic mass is 16.5. The lowest BCUT2D eigenvalue weighted by atomic mass is 9.86. The Morgan fingerprint density at radius 1 is 1.40 bits per heavy atom. The van der Waals surface area contributed by atoms with Gasteiger partial charge in [-0.05, 0) is 26.7 Å². The van der Waals surface area contributed by atoms with E-state index in [1.54, 1.807) is 0 Å². The Morgan fingerprint density at radius 2 is 2.07 bits per heavy atom. The third-order valence-electron chi connectivity index (χ3n) is 3.95. The zero-order valence-electron chi connectivity index (χ0n) is 9.79. The van der Waals surface area contributed by atoms with Gasteiger partial charge in [-0.15, -0.1) is 0 Å². The van der Waals surface area contributed by atoms with Crippen LogP contribution >= 0.6 is 0 Å². The Morgan fingerprint density at radius 3 is 2.67 bits per heavy atom. The number of ketones is 1. The molecule has 0 radical (unpaired) electrons. The molecule has 2 aliphatic rings. The largest absolute Gasteiger partial charge is 0.381 e. The van der Waals surface area contributed by atoms with Crippen molar-refractivity contribution in [2.45, 2.75) is 51.1 Å². The molecule has 1 atom stereocenters. The molecule has 3 heteroatoms. The topological polar surface area (TPSA) is 29.5 Å². The molecule has 15 heavy (non-hydrogen) atoms. The number of Topliss-reactive ketones (excluding diaryl/α,β-unsaturated/α-hetero) is 1. The average molecular weight is 211 g/mol. The van der Waals surface area contributed by atoms with Gasteiger partial charge in [0.25, 0.3) is 0 Å². The average Bonchev–Trinajstić information content (AvgIpc) is 2.18. The van der Waals surface area contributed by atoms with Gasteiger partial charge in [-0.25, -0.2) is 0 Å². The summed E-state index contributed by atoms with van der Waals surface area (Å²) >= 11 is 0. The second-order valence-electron chi connectivity index (χ2n) is 5.14. The number of hydrogen-bond donors (Lipinski definition) is 0. The zero-order chi connectivity index (χ0) is 10.9. The van der Waals surface area contributed by atoms with Crippen molar-refractivity contribution in [3.8, 4) is 0 Å². The Labute approximate surface area is 91.8 Å². The van der Waals surface area contributed by atoms with E-state index in [4.69, 9.17) is 4.74 Å². The van der Waals surface area contributed by atoms with E-state index in [0.29, 0.717) is 11.8 Å². The highest BCUT2D eigenvalue weighted by molar-refractivity contribution is 5.79. The molecule has 0 aliphatic carbocycles. The first kappa shape index (κ1) is 11.1. The van der Waals surface area contributed by atoms with Gasteiger partial charge < -0.3 is 4.74 Å². The predicted octanol–water partition coefficient (Wildman–Crippen LogP) is 1.61. The van der Waals surface area contributed by atoms with Crippen LogP contribution in [0.25, 0.3) is 0 Å². The number of hydrogen-bond acceptors (Lipinski definition) is 3. The number of carbonyl (C=O) groups is 1. The quantitative estimate of drug-likeness (QED) is 0.660. The lowest BCUT2D eigenvalue weighted by Crippen LogP contribution is -2.56. The smallest absolute Gasteiger partial charge is 0.135 e. The maximum absolute atomic E-state index is 11.4. The highest BCUT2D eigenvalue weighted by Gasteiger charge is 2.38. The van der Waals surface area contributed by atoms with Gasteiger partial charge in [-0.3, -0.25) is 9.69 Å². The van der Waals surface area contributed by atoms with Crippen LogP contribution in [0.3, 0.4) is 0 Å². The number of ether oxygens (including phenoxy) is 1. The van der Waals surface area contributed by atoms with Crippen LogP contribution < -0.4 is 0 Å². The Bertz CT molecular complexity index is 246. The summed E-state index contributed by atoms with van der Waals surface area (Å²) in [6, 6.07) is 0.411. The first-order valence-corrected chi connectivity index (χ1v) is 5.98. The zero-order valence-corrected chi connectivity index (χ0v) is 9.79. The number of likely N-dealkylation sites (tertiary alicyclic amines) is 1. The van der Waals surface area contributed by atoms with Gasteiger partial charge in [0.05, 0.1) is 0 Å². The van der Waals surface area contributed by atoms with Crippen LogP contribution in [0.5, 0.6) is 0 Å². The monoisotopic (exact) mass is 211 g/mol. The first-order valence-electron chi connectivity index (χ1n) is 5.98. The molecule has 1 unspecified atom stereocenters. The lowest BCUT2D eigenvalue weighted by molar-refractivity contribution is -0.126. The standard InChI is InChI=1S/C12H21NO2/c1-10-9-11(14)3-6-13(10)12(2)4-7-15-8-5-12/h10H,3-9H2,1-2H3. The molecule has 0 N–H and O–H groups in total. The van der Waals surface area contributed by atoms with Crippen LogP contribution in [-0.2, 0) is 9.53 Å². The molecule has 2 aliphatic heterocycles. The maximum atomic E-state index is 11.4. The van der Waals surface area contributed by atoms with Gasteiger partial charge in [0, 0.05) is 44.2 Å². The summed E-state index contributed by atoms with van der Waals surface area (Å²) in [7, 11) is 0. The van der Waals surface area contributed by atoms with E-state index in [1.165, 1.54) is 0 Å². The molecule has 0 aromatic carbocycles. The van der Waals surface area contributed by atoms with Crippen LogP contribution in [0.4, 0.5) is 0 Å². The molecule has 0 amide bonds. The fourth-order valence-corrected chi connectivity index (χ4v) is 2.91. The SMILES string of the molecule is CC1CC(=O)CCN1C1(C)CCOCC1. The molecule has 0 aromatic rings. The van der Waals surface area contributed by atoms with Gasteiger partial charge in [0.15, 0.2) is 0 Å². The van der Waals surface area contributed by atoms with Crippen LogP contribution in [0.1, 0.15) is 39.5 Å². The van der Waals surface area contributed by atoms with Crippen molar-refractivity contribution in [2.24, 2.45) is 0 Å².